The summed E-state index contributed by atoms with van der Waals surface area (Å²) in [6.07, 6.45) is 0.0335. The molecule has 1 amide bonds. The van der Waals surface area contributed by atoms with Crippen molar-refractivity contribution in [3.63, 3.8) is 0 Å². The van der Waals surface area contributed by atoms with Gasteiger partial charge in [-0.25, -0.2) is 8.42 Å². The highest BCUT2D eigenvalue weighted by atomic mass is 35.7. The van der Waals surface area contributed by atoms with Crippen molar-refractivity contribution in [1.82, 2.24) is 0 Å². The Balaban J connectivity index is 2.27. The third-order valence-electron chi connectivity index (χ3n) is 3.31. The fourth-order valence-corrected chi connectivity index (χ4v) is 3.73. The van der Waals surface area contributed by atoms with Crippen LogP contribution in [0.4, 0.5) is 11.4 Å². The second-order valence-corrected chi connectivity index (χ2v) is 7.71. The SMILES string of the molecule is COc1ccc(N2CC(CS(=O)(=O)Cl)CC2=O)cc1[N+](=O)[O-]. The van der Waals surface area contributed by atoms with E-state index in [1.165, 1.54) is 30.2 Å². The minimum atomic E-state index is -3.70. The Kier molecular flexibility index (Phi) is 4.57. The molecule has 8 nitrogen and oxygen atoms in total. The van der Waals surface area contributed by atoms with Crippen molar-refractivity contribution in [2.45, 2.75) is 6.42 Å². The van der Waals surface area contributed by atoms with Gasteiger partial charge in [-0.3, -0.25) is 14.9 Å². The average Bonchev–Trinajstić information content (AvgIpc) is 2.76. The maximum absolute atomic E-state index is 12.0. The van der Waals surface area contributed by atoms with Crippen LogP contribution in [0.1, 0.15) is 6.42 Å². The topological polar surface area (TPSA) is 107 Å². The van der Waals surface area contributed by atoms with Crippen LogP contribution >= 0.6 is 10.7 Å². The molecular formula is C12H13ClN2O6S. The van der Waals surface area contributed by atoms with Crippen LogP contribution < -0.4 is 9.64 Å². The summed E-state index contributed by atoms with van der Waals surface area (Å²) in [4.78, 5) is 23.7. The number of benzene rings is 1. The zero-order chi connectivity index (χ0) is 16.5. The van der Waals surface area contributed by atoms with Crippen LogP contribution in [0.25, 0.3) is 0 Å². The lowest BCUT2D eigenvalue weighted by atomic mass is 10.1. The van der Waals surface area contributed by atoms with Crippen molar-refractivity contribution in [2.24, 2.45) is 5.92 Å². The molecule has 1 heterocycles. The number of nitro benzene ring substituents is 1. The van der Waals surface area contributed by atoms with E-state index >= 15 is 0 Å². The van der Waals surface area contributed by atoms with Crippen molar-refractivity contribution in [2.75, 3.05) is 24.3 Å². The summed E-state index contributed by atoms with van der Waals surface area (Å²) in [6, 6.07) is 4.14. The number of hydrogen-bond acceptors (Lipinski definition) is 6. The van der Waals surface area contributed by atoms with E-state index in [9.17, 15) is 23.3 Å². The van der Waals surface area contributed by atoms with Gasteiger partial charge in [0.2, 0.25) is 15.0 Å². The van der Waals surface area contributed by atoms with Crippen LogP contribution in [-0.2, 0) is 13.8 Å². The van der Waals surface area contributed by atoms with Gasteiger partial charge in [0.1, 0.15) is 0 Å². The van der Waals surface area contributed by atoms with Gasteiger partial charge in [0.05, 0.1) is 23.5 Å². The first-order valence-corrected chi connectivity index (χ1v) is 8.74. The summed E-state index contributed by atoms with van der Waals surface area (Å²) in [5.74, 6) is -0.962. The Bertz CT molecular complexity index is 720. The van der Waals surface area contributed by atoms with Crippen LogP contribution in [0, 0.1) is 16.0 Å². The number of nitro groups is 1. The highest BCUT2D eigenvalue weighted by Crippen LogP contribution is 2.34. The number of halogens is 1. The Morgan fingerprint density at radius 3 is 2.73 bits per heavy atom. The molecule has 0 spiro atoms. The van der Waals surface area contributed by atoms with Gasteiger partial charge < -0.3 is 9.64 Å². The minimum Gasteiger partial charge on any atom is -0.490 e. The Labute approximate surface area is 131 Å². The number of rotatable bonds is 5. The smallest absolute Gasteiger partial charge is 0.312 e. The molecule has 22 heavy (non-hydrogen) atoms. The van der Waals surface area contributed by atoms with Crippen LogP contribution in [0.15, 0.2) is 18.2 Å². The van der Waals surface area contributed by atoms with E-state index in [0.29, 0.717) is 5.69 Å². The molecule has 2 rings (SSSR count). The number of carbonyl (C=O) groups is 1. The minimum absolute atomic E-state index is 0.0335. The normalized spacial score (nSPS) is 18.5. The van der Waals surface area contributed by atoms with E-state index in [1.54, 1.807) is 0 Å². The molecule has 1 atom stereocenters. The van der Waals surface area contributed by atoms with E-state index in [-0.39, 0.29) is 36.1 Å². The maximum Gasteiger partial charge on any atom is 0.312 e. The second-order valence-electron chi connectivity index (χ2n) is 4.89. The first-order valence-electron chi connectivity index (χ1n) is 6.26. The van der Waals surface area contributed by atoms with Gasteiger partial charge in [0.15, 0.2) is 5.75 Å². The van der Waals surface area contributed by atoms with Gasteiger partial charge in [0, 0.05) is 35.6 Å². The fraction of sp³-hybridized carbons (Fsp3) is 0.417. The molecule has 1 unspecified atom stereocenters. The van der Waals surface area contributed by atoms with E-state index in [0.717, 1.165) is 0 Å². The third-order valence-corrected chi connectivity index (χ3v) is 4.56. The summed E-state index contributed by atoms with van der Waals surface area (Å²) >= 11 is 0. The molecule has 10 heteroatoms. The average molecular weight is 349 g/mol. The molecule has 1 aromatic rings. The number of ether oxygens (including phenoxy) is 1. The van der Waals surface area contributed by atoms with Crippen molar-refractivity contribution < 1.29 is 22.9 Å². The van der Waals surface area contributed by atoms with Crippen LogP contribution in [0.3, 0.4) is 0 Å². The highest BCUT2D eigenvalue weighted by Gasteiger charge is 2.34. The van der Waals surface area contributed by atoms with E-state index in [2.05, 4.69) is 0 Å². The molecule has 1 fully saturated rings. The fourth-order valence-electron chi connectivity index (χ4n) is 2.41. The molecule has 1 aromatic carbocycles. The summed E-state index contributed by atoms with van der Waals surface area (Å²) in [5.41, 5.74) is 0.0631. The number of methoxy groups -OCH3 is 1. The van der Waals surface area contributed by atoms with E-state index in [1.807, 2.05) is 0 Å². The number of amides is 1. The first kappa shape index (κ1) is 16.5. The van der Waals surface area contributed by atoms with Crippen LogP contribution in [0.5, 0.6) is 5.75 Å². The quantitative estimate of drug-likeness (QED) is 0.453. The number of anilines is 1. The third kappa shape index (κ3) is 3.66. The van der Waals surface area contributed by atoms with Gasteiger partial charge in [-0.05, 0) is 12.1 Å². The van der Waals surface area contributed by atoms with Gasteiger partial charge in [-0.15, -0.1) is 0 Å². The lowest BCUT2D eigenvalue weighted by Gasteiger charge is -2.17. The van der Waals surface area contributed by atoms with Gasteiger partial charge >= 0.3 is 5.69 Å². The standard InChI is InChI=1S/C12H13ClN2O6S/c1-21-11-3-2-9(5-10(11)15(17)18)14-6-8(4-12(14)16)7-22(13,19)20/h2-3,5,8H,4,6-7H2,1H3. The monoisotopic (exact) mass is 348 g/mol. The molecule has 0 aromatic heterocycles. The maximum atomic E-state index is 12.0. The number of carbonyl (C=O) groups excluding carboxylic acids is 1. The molecular weight excluding hydrogens is 336 g/mol. The lowest BCUT2D eigenvalue weighted by molar-refractivity contribution is -0.385. The number of nitrogens with zero attached hydrogens (tertiary/aromatic N) is 2. The molecule has 0 aliphatic carbocycles. The Morgan fingerprint density at radius 2 is 2.18 bits per heavy atom. The largest absolute Gasteiger partial charge is 0.490 e. The Morgan fingerprint density at radius 1 is 1.50 bits per heavy atom. The van der Waals surface area contributed by atoms with Crippen molar-refractivity contribution in [3.8, 4) is 5.75 Å². The predicted octanol–water partition coefficient (Wildman–Crippen LogP) is 1.52. The molecule has 1 aliphatic heterocycles. The Hall–Kier alpha value is -1.87. The van der Waals surface area contributed by atoms with Crippen molar-refractivity contribution >= 4 is 37.0 Å². The zero-order valence-corrected chi connectivity index (χ0v) is 13.1. The summed E-state index contributed by atoms with van der Waals surface area (Å²) in [7, 11) is 2.80. The molecule has 120 valence electrons. The molecule has 0 bridgehead atoms. The van der Waals surface area contributed by atoms with Crippen LogP contribution in [-0.4, -0.2) is 38.7 Å². The molecule has 1 saturated heterocycles. The van der Waals surface area contributed by atoms with E-state index in [4.69, 9.17) is 15.4 Å². The van der Waals surface area contributed by atoms with Crippen molar-refractivity contribution in [1.29, 1.82) is 0 Å². The summed E-state index contributed by atoms with van der Waals surface area (Å²) in [6.45, 7) is 0.147. The summed E-state index contributed by atoms with van der Waals surface area (Å²) < 4.78 is 27.1. The summed E-state index contributed by atoms with van der Waals surface area (Å²) in [5, 5.41) is 11.0. The van der Waals surface area contributed by atoms with Gasteiger partial charge in [-0.1, -0.05) is 0 Å². The molecule has 0 saturated carbocycles. The first-order chi connectivity index (χ1) is 10.2. The highest BCUT2D eigenvalue weighted by molar-refractivity contribution is 8.13. The lowest BCUT2D eigenvalue weighted by Crippen LogP contribution is -2.25. The second kappa shape index (κ2) is 6.09. The van der Waals surface area contributed by atoms with E-state index < -0.39 is 19.9 Å². The molecule has 0 radical (unpaired) electrons. The van der Waals surface area contributed by atoms with Gasteiger partial charge in [0.25, 0.3) is 0 Å². The molecule has 0 N–H and O–H groups in total. The zero-order valence-electron chi connectivity index (χ0n) is 11.6. The number of hydrogen-bond donors (Lipinski definition) is 0. The van der Waals surface area contributed by atoms with Crippen LogP contribution in [0.2, 0.25) is 0 Å². The molecule has 1 aliphatic rings. The van der Waals surface area contributed by atoms with Gasteiger partial charge in [-0.2, -0.15) is 0 Å². The predicted molar refractivity (Wildman–Crippen MR) is 79.7 cm³/mol. The van der Waals surface area contributed by atoms with Crippen molar-refractivity contribution in [3.05, 3.63) is 28.3 Å².